The summed E-state index contributed by atoms with van der Waals surface area (Å²) < 4.78 is 46.6. The molecule has 4 rings (SSSR count). The van der Waals surface area contributed by atoms with Crippen LogP contribution in [0.4, 0.5) is 4.39 Å². The fourth-order valence-corrected chi connectivity index (χ4v) is 5.94. The van der Waals surface area contributed by atoms with Crippen molar-refractivity contribution in [1.29, 1.82) is 0 Å². The molecule has 0 saturated carbocycles. The van der Waals surface area contributed by atoms with Crippen molar-refractivity contribution < 1.29 is 21.8 Å². The summed E-state index contributed by atoms with van der Waals surface area (Å²) in [6.45, 7) is 1.50. The van der Waals surface area contributed by atoms with Crippen molar-refractivity contribution >= 4 is 43.6 Å². The van der Waals surface area contributed by atoms with Gasteiger partial charge >= 0.3 is 10.1 Å². The predicted molar refractivity (Wildman–Crippen MR) is 126 cm³/mol. The zero-order chi connectivity index (χ0) is 25.0. The van der Waals surface area contributed by atoms with E-state index in [2.05, 4.69) is 26.3 Å². The first-order valence-corrected chi connectivity index (χ1v) is 12.5. The van der Waals surface area contributed by atoms with Gasteiger partial charge in [-0.05, 0) is 58.2 Å². The van der Waals surface area contributed by atoms with Gasteiger partial charge in [0, 0.05) is 14.1 Å². The van der Waals surface area contributed by atoms with E-state index in [9.17, 15) is 17.6 Å². The number of carbonyl (C=O) groups excluding carboxylic acids is 1. The first-order valence-electron chi connectivity index (χ1n) is 9.88. The number of likely N-dealkylation sites (N-methyl/N-ethyl adjacent to an activating group) is 1. The van der Waals surface area contributed by atoms with Crippen molar-refractivity contribution in [2.45, 2.75) is 23.6 Å². The summed E-state index contributed by atoms with van der Waals surface area (Å²) >= 11 is 9.27. The van der Waals surface area contributed by atoms with Crippen molar-refractivity contribution in [1.82, 2.24) is 20.0 Å². The number of nitrogens with one attached hydrogen (secondary N) is 1. The van der Waals surface area contributed by atoms with E-state index in [-0.39, 0.29) is 26.0 Å². The zero-order valence-corrected chi connectivity index (χ0v) is 21.4. The van der Waals surface area contributed by atoms with Crippen molar-refractivity contribution in [2.75, 3.05) is 7.05 Å². The lowest BCUT2D eigenvalue weighted by molar-refractivity contribution is -0.131. The van der Waals surface area contributed by atoms with Crippen molar-refractivity contribution in [3.05, 3.63) is 74.7 Å². The number of benzene rings is 2. The molecule has 13 heteroatoms. The Morgan fingerprint density at radius 1 is 1.24 bits per heavy atom. The number of carbonyl (C=O) groups is 1. The Hall–Kier alpha value is -2.51. The molecule has 9 nitrogen and oxygen atoms in total. The SMILES string of the molecule is Cc1nn(C)c(Cl)c1S(=O)(=O)Oc1cccc(C2(c3ccc(F)c(Br)c3)NC(N)N(C)C2=O)c1. The maximum absolute atomic E-state index is 13.9. The van der Waals surface area contributed by atoms with Crippen LogP contribution >= 0.6 is 27.5 Å². The Kier molecular flexibility index (Phi) is 6.23. The van der Waals surface area contributed by atoms with Gasteiger partial charge in [0.15, 0.2) is 10.4 Å². The number of halogens is 3. The maximum atomic E-state index is 13.9. The fourth-order valence-electron chi connectivity index (χ4n) is 3.93. The standard InChI is InChI=1S/C21H20BrClFN5O4S/c1-11-17(18(23)29(3)27-11)34(31,32)33-14-6-4-5-12(9-14)21(19(30)28(2)20(25)26-21)13-7-8-16(24)15(22)10-13/h4-10,20,26H,25H2,1-3H3. The Morgan fingerprint density at radius 3 is 2.47 bits per heavy atom. The molecule has 34 heavy (non-hydrogen) atoms. The van der Waals surface area contributed by atoms with E-state index < -0.39 is 33.7 Å². The molecule has 0 radical (unpaired) electrons. The quantitative estimate of drug-likeness (QED) is 0.451. The lowest BCUT2D eigenvalue weighted by Gasteiger charge is -2.29. The molecule has 3 aromatic rings. The van der Waals surface area contributed by atoms with Gasteiger partial charge in [0.25, 0.3) is 5.91 Å². The minimum absolute atomic E-state index is 0.0601. The molecule has 0 aliphatic carbocycles. The number of hydrogen-bond acceptors (Lipinski definition) is 7. The summed E-state index contributed by atoms with van der Waals surface area (Å²) in [4.78, 5) is 14.5. The van der Waals surface area contributed by atoms with E-state index >= 15 is 0 Å². The van der Waals surface area contributed by atoms with Gasteiger partial charge in [-0.15, -0.1) is 0 Å². The molecule has 0 spiro atoms. The normalized spacial score (nSPS) is 20.7. The minimum Gasteiger partial charge on any atom is -0.379 e. The summed E-state index contributed by atoms with van der Waals surface area (Å²) in [5, 5.41) is 6.97. The summed E-state index contributed by atoms with van der Waals surface area (Å²) in [5.41, 5.74) is 5.50. The van der Waals surface area contributed by atoms with Gasteiger partial charge < -0.3 is 9.08 Å². The fraction of sp³-hybridized carbons (Fsp3) is 0.238. The topological polar surface area (TPSA) is 120 Å². The highest BCUT2D eigenvalue weighted by molar-refractivity contribution is 9.10. The van der Waals surface area contributed by atoms with Crippen LogP contribution in [0.1, 0.15) is 16.8 Å². The zero-order valence-electron chi connectivity index (χ0n) is 18.2. The molecule has 2 heterocycles. The first kappa shape index (κ1) is 24.6. The number of rotatable bonds is 5. The molecular weight excluding hydrogens is 553 g/mol. The predicted octanol–water partition coefficient (Wildman–Crippen LogP) is 2.60. The summed E-state index contributed by atoms with van der Waals surface area (Å²) in [6.07, 6.45) is -0.846. The van der Waals surface area contributed by atoms with E-state index in [1.165, 1.54) is 67.0 Å². The molecule has 3 N–H and O–H groups in total. The highest BCUT2D eigenvalue weighted by Gasteiger charge is 2.51. The van der Waals surface area contributed by atoms with E-state index in [1.807, 2.05) is 0 Å². The number of amides is 1. The van der Waals surface area contributed by atoms with Gasteiger partial charge in [-0.3, -0.25) is 20.5 Å². The van der Waals surface area contributed by atoms with Crippen LogP contribution in [0, 0.1) is 12.7 Å². The second-order valence-corrected chi connectivity index (χ2v) is 10.5. The van der Waals surface area contributed by atoms with Gasteiger partial charge in [0.1, 0.15) is 23.0 Å². The van der Waals surface area contributed by atoms with Crippen LogP contribution in [0.25, 0.3) is 0 Å². The van der Waals surface area contributed by atoms with Gasteiger partial charge in [-0.1, -0.05) is 29.8 Å². The average Bonchev–Trinajstić information content (AvgIpc) is 3.16. The van der Waals surface area contributed by atoms with Crippen LogP contribution in [0.3, 0.4) is 0 Å². The van der Waals surface area contributed by atoms with Crippen LogP contribution in [-0.4, -0.2) is 42.3 Å². The summed E-state index contributed by atoms with van der Waals surface area (Å²) in [7, 11) is -1.30. The number of aryl methyl sites for hydroxylation is 2. The van der Waals surface area contributed by atoms with E-state index in [1.54, 1.807) is 6.07 Å². The molecule has 2 atom stereocenters. The smallest absolute Gasteiger partial charge is 0.344 e. The number of nitrogens with two attached hydrogens (primary N) is 1. The highest BCUT2D eigenvalue weighted by Crippen LogP contribution is 2.39. The van der Waals surface area contributed by atoms with Crippen molar-refractivity contribution in [2.24, 2.45) is 12.8 Å². The third-order valence-corrected chi connectivity index (χ3v) is 8.15. The minimum atomic E-state index is -4.34. The molecule has 1 aliphatic rings. The van der Waals surface area contributed by atoms with Crippen LogP contribution in [-0.2, 0) is 27.5 Å². The lowest BCUT2D eigenvalue weighted by atomic mass is 9.82. The third kappa shape index (κ3) is 3.89. The lowest BCUT2D eigenvalue weighted by Crippen LogP contribution is -2.48. The molecule has 2 aromatic carbocycles. The number of nitrogens with zero attached hydrogens (tertiary/aromatic N) is 3. The van der Waals surface area contributed by atoms with E-state index in [0.717, 1.165) is 0 Å². The number of hydrogen-bond donors (Lipinski definition) is 2. The Balaban J connectivity index is 1.83. The highest BCUT2D eigenvalue weighted by atomic mass is 79.9. The van der Waals surface area contributed by atoms with Gasteiger partial charge in [-0.25, -0.2) is 4.39 Å². The van der Waals surface area contributed by atoms with Crippen LogP contribution in [0.5, 0.6) is 5.75 Å². The van der Waals surface area contributed by atoms with Gasteiger partial charge in [0.05, 0.1) is 10.2 Å². The van der Waals surface area contributed by atoms with Crippen LogP contribution < -0.4 is 15.2 Å². The Bertz CT molecular complexity index is 1420. The average molecular weight is 573 g/mol. The Labute approximate surface area is 208 Å². The molecule has 1 aromatic heterocycles. The number of aromatic nitrogens is 2. The molecule has 1 amide bonds. The molecule has 1 saturated heterocycles. The molecule has 2 unspecified atom stereocenters. The molecule has 1 fully saturated rings. The summed E-state index contributed by atoms with van der Waals surface area (Å²) in [5.74, 6) is -0.978. The second kappa shape index (κ2) is 8.61. The third-order valence-electron chi connectivity index (χ3n) is 5.60. The second-order valence-electron chi connectivity index (χ2n) is 7.78. The largest absolute Gasteiger partial charge is 0.379 e. The molecule has 180 valence electrons. The molecule has 1 aliphatic heterocycles. The summed E-state index contributed by atoms with van der Waals surface area (Å²) in [6, 6.07) is 10.1. The monoisotopic (exact) mass is 571 g/mol. The molecule has 0 bridgehead atoms. The van der Waals surface area contributed by atoms with Crippen molar-refractivity contribution in [3.63, 3.8) is 0 Å². The van der Waals surface area contributed by atoms with Crippen LogP contribution in [0.15, 0.2) is 51.8 Å². The van der Waals surface area contributed by atoms with Crippen LogP contribution in [0.2, 0.25) is 5.15 Å². The van der Waals surface area contributed by atoms with E-state index in [0.29, 0.717) is 11.1 Å². The maximum Gasteiger partial charge on any atom is 0.344 e. The first-order chi connectivity index (χ1) is 15.9. The van der Waals surface area contributed by atoms with Crippen molar-refractivity contribution in [3.8, 4) is 5.75 Å². The molecular formula is C21H20BrClFN5O4S. The van der Waals surface area contributed by atoms with Gasteiger partial charge in [0.2, 0.25) is 0 Å². The van der Waals surface area contributed by atoms with E-state index in [4.69, 9.17) is 21.5 Å². The van der Waals surface area contributed by atoms with Gasteiger partial charge in [-0.2, -0.15) is 13.5 Å². The Morgan fingerprint density at radius 2 is 1.91 bits per heavy atom.